The molecule has 0 spiro atoms. The van der Waals surface area contributed by atoms with Crippen LogP contribution in [-0.2, 0) is 4.79 Å². The predicted octanol–water partition coefficient (Wildman–Crippen LogP) is 1.10. The maximum atomic E-state index is 10.9. The predicted molar refractivity (Wildman–Crippen MR) is 56.8 cm³/mol. The minimum Gasteiger partial charge on any atom is -0.368 e. The first-order valence-electron chi connectivity index (χ1n) is 4.56. The molecule has 0 aliphatic heterocycles. The second-order valence-corrected chi connectivity index (χ2v) is 3.67. The molecule has 1 unspecified atom stereocenters. The Morgan fingerprint density at radius 1 is 1.14 bits per heavy atom. The quantitative estimate of drug-likeness (QED) is 0.736. The fourth-order valence-corrected chi connectivity index (χ4v) is 1.47. The summed E-state index contributed by atoms with van der Waals surface area (Å²) in [6, 6.07) is 3.25. The highest BCUT2D eigenvalue weighted by atomic mass is 16.1. The van der Waals surface area contributed by atoms with E-state index in [0.29, 0.717) is 0 Å². The lowest BCUT2D eigenvalue weighted by Gasteiger charge is -2.13. The van der Waals surface area contributed by atoms with Crippen molar-refractivity contribution in [3.63, 3.8) is 0 Å². The molecule has 0 aromatic heterocycles. The Morgan fingerprint density at radius 3 is 2.14 bits per heavy atom. The molecule has 76 valence electrons. The Kier molecular flexibility index (Phi) is 2.91. The fourth-order valence-electron chi connectivity index (χ4n) is 1.47. The normalized spacial score (nSPS) is 12.6. The zero-order valence-corrected chi connectivity index (χ0v) is 8.79. The van der Waals surface area contributed by atoms with Crippen LogP contribution in [0.3, 0.4) is 0 Å². The van der Waals surface area contributed by atoms with Crippen LogP contribution in [0.25, 0.3) is 0 Å². The topological polar surface area (TPSA) is 69.1 Å². The molecule has 1 amide bonds. The van der Waals surface area contributed by atoms with Gasteiger partial charge in [-0.3, -0.25) is 4.79 Å². The summed E-state index contributed by atoms with van der Waals surface area (Å²) in [4.78, 5) is 10.9. The van der Waals surface area contributed by atoms with Gasteiger partial charge < -0.3 is 11.5 Å². The lowest BCUT2D eigenvalue weighted by Crippen LogP contribution is -2.28. The summed E-state index contributed by atoms with van der Waals surface area (Å²) in [5, 5.41) is 0. The van der Waals surface area contributed by atoms with Crippen LogP contribution in [0, 0.1) is 20.8 Å². The Labute approximate surface area is 84.1 Å². The number of amides is 1. The van der Waals surface area contributed by atoms with Crippen molar-refractivity contribution in [1.29, 1.82) is 0 Å². The summed E-state index contributed by atoms with van der Waals surface area (Å²) in [6.07, 6.45) is 0. The van der Waals surface area contributed by atoms with Gasteiger partial charge in [0.25, 0.3) is 0 Å². The van der Waals surface area contributed by atoms with E-state index < -0.39 is 11.9 Å². The van der Waals surface area contributed by atoms with Crippen LogP contribution >= 0.6 is 0 Å². The highest BCUT2D eigenvalue weighted by Crippen LogP contribution is 2.20. The molecule has 1 rings (SSSR count). The van der Waals surface area contributed by atoms with Crippen molar-refractivity contribution in [3.05, 3.63) is 34.4 Å². The van der Waals surface area contributed by atoms with E-state index in [4.69, 9.17) is 11.5 Å². The van der Waals surface area contributed by atoms with Crippen LogP contribution in [0.15, 0.2) is 12.1 Å². The van der Waals surface area contributed by atoms with Crippen molar-refractivity contribution in [3.8, 4) is 0 Å². The number of aryl methyl sites for hydroxylation is 3. The molecule has 4 N–H and O–H groups in total. The second kappa shape index (κ2) is 3.80. The van der Waals surface area contributed by atoms with Crippen molar-refractivity contribution in [2.45, 2.75) is 26.8 Å². The second-order valence-electron chi connectivity index (χ2n) is 3.67. The van der Waals surface area contributed by atoms with Gasteiger partial charge in [-0.05, 0) is 43.0 Å². The molecule has 0 saturated carbocycles. The molecule has 0 heterocycles. The third-order valence-corrected chi connectivity index (χ3v) is 2.52. The van der Waals surface area contributed by atoms with E-state index in [-0.39, 0.29) is 0 Å². The minimum absolute atomic E-state index is 0.489. The third kappa shape index (κ3) is 1.93. The zero-order valence-electron chi connectivity index (χ0n) is 8.79. The molecular formula is C11H16N2O. The first kappa shape index (κ1) is 10.7. The summed E-state index contributed by atoms with van der Waals surface area (Å²) < 4.78 is 0. The number of carbonyl (C=O) groups excluding carboxylic acids is 1. The zero-order chi connectivity index (χ0) is 10.9. The van der Waals surface area contributed by atoms with Crippen LogP contribution in [0.1, 0.15) is 28.3 Å². The first-order valence-corrected chi connectivity index (χ1v) is 4.56. The van der Waals surface area contributed by atoms with E-state index in [2.05, 4.69) is 0 Å². The number of benzene rings is 1. The van der Waals surface area contributed by atoms with Crippen molar-refractivity contribution in [2.24, 2.45) is 11.5 Å². The van der Waals surface area contributed by atoms with E-state index >= 15 is 0 Å². The number of hydrogen-bond acceptors (Lipinski definition) is 2. The van der Waals surface area contributed by atoms with Gasteiger partial charge in [0.15, 0.2) is 0 Å². The van der Waals surface area contributed by atoms with Crippen LogP contribution in [-0.4, -0.2) is 5.91 Å². The van der Waals surface area contributed by atoms with E-state index in [1.165, 1.54) is 5.56 Å². The molecule has 14 heavy (non-hydrogen) atoms. The summed E-state index contributed by atoms with van der Waals surface area (Å²) >= 11 is 0. The Hall–Kier alpha value is -1.35. The number of rotatable bonds is 2. The molecular weight excluding hydrogens is 176 g/mol. The van der Waals surface area contributed by atoms with E-state index in [0.717, 1.165) is 16.7 Å². The average molecular weight is 192 g/mol. The molecule has 0 radical (unpaired) electrons. The molecule has 0 aliphatic rings. The van der Waals surface area contributed by atoms with Gasteiger partial charge in [0, 0.05) is 0 Å². The van der Waals surface area contributed by atoms with Gasteiger partial charge >= 0.3 is 0 Å². The van der Waals surface area contributed by atoms with Crippen LogP contribution in [0.4, 0.5) is 0 Å². The number of nitrogens with two attached hydrogens (primary N) is 2. The highest BCUT2D eigenvalue weighted by molar-refractivity contribution is 5.81. The van der Waals surface area contributed by atoms with Gasteiger partial charge in [0.2, 0.25) is 5.91 Å². The highest BCUT2D eigenvalue weighted by Gasteiger charge is 2.15. The van der Waals surface area contributed by atoms with Crippen molar-refractivity contribution < 1.29 is 4.79 Å². The number of carbonyl (C=O) groups is 1. The molecule has 1 aromatic rings. The van der Waals surface area contributed by atoms with E-state index in [1.807, 2.05) is 32.9 Å². The van der Waals surface area contributed by atoms with Crippen molar-refractivity contribution >= 4 is 5.91 Å². The van der Waals surface area contributed by atoms with Crippen molar-refractivity contribution in [1.82, 2.24) is 0 Å². The van der Waals surface area contributed by atoms with Gasteiger partial charge in [0.05, 0.1) is 0 Å². The molecule has 0 bridgehead atoms. The minimum atomic E-state index is -0.700. The molecule has 0 saturated heterocycles. The van der Waals surface area contributed by atoms with Crippen LogP contribution < -0.4 is 11.5 Å². The Morgan fingerprint density at radius 2 is 1.64 bits per heavy atom. The summed E-state index contributed by atoms with van der Waals surface area (Å²) in [5.74, 6) is -0.489. The maximum Gasteiger partial charge on any atom is 0.238 e. The molecule has 1 aromatic carbocycles. The monoisotopic (exact) mass is 192 g/mol. The molecule has 0 fully saturated rings. The summed E-state index contributed by atoms with van der Waals surface area (Å²) in [5.41, 5.74) is 15.0. The SMILES string of the molecule is Cc1cc(C)c(C(N)C(N)=O)cc1C. The molecule has 1 atom stereocenters. The van der Waals surface area contributed by atoms with Gasteiger partial charge in [-0.1, -0.05) is 12.1 Å². The summed E-state index contributed by atoms with van der Waals surface area (Å²) in [6.45, 7) is 5.96. The molecule has 3 nitrogen and oxygen atoms in total. The third-order valence-electron chi connectivity index (χ3n) is 2.52. The summed E-state index contributed by atoms with van der Waals surface area (Å²) in [7, 11) is 0. The van der Waals surface area contributed by atoms with Crippen LogP contribution in [0.5, 0.6) is 0 Å². The van der Waals surface area contributed by atoms with E-state index in [9.17, 15) is 4.79 Å². The molecule has 0 aliphatic carbocycles. The van der Waals surface area contributed by atoms with Gasteiger partial charge in [-0.15, -0.1) is 0 Å². The number of primary amides is 1. The standard InChI is InChI=1S/C11H16N2O/c1-6-4-8(3)9(5-7(6)2)10(12)11(13)14/h4-5,10H,12H2,1-3H3,(H2,13,14). The van der Waals surface area contributed by atoms with Crippen molar-refractivity contribution in [2.75, 3.05) is 0 Å². The molecule has 3 heteroatoms. The lowest BCUT2D eigenvalue weighted by atomic mass is 9.96. The number of hydrogen-bond donors (Lipinski definition) is 2. The van der Waals surface area contributed by atoms with Crippen LogP contribution in [0.2, 0.25) is 0 Å². The largest absolute Gasteiger partial charge is 0.368 e. The first-order chi connectivity index (χ1) is 6.43. The Balaban J connectivity index is 3.22. The fraction of sp³-hybridized carbons (Fsp3) is 0.364. The Bertz CT molecular complexity index is 372. The van der Waals surface area contributed by atoms with Gasteiger partial charge in [-0.2, -0.15) is 0 Å². The maximum absolute atomic E-state index is 10.9. The van der Waals surface area contributed by atoms with Gasteiger partial charge in [0.1, 0.15) is 6.04 Å². The van der Waals surface area contributed by atoms with E-state index in [1.54, 1.807) is 0 Å². The average Bonchev–Trinajstić information content (AvgIpc) is 2.10. The smallest absolute Gasteiger partial charge is 0.238 e. The van der Waals surface area contributed by atoms with Gasteiger partial charge in [-0.25, -0.2) is 0 Å². The lowest BCUT2D eigenvalue weighted by molar-refractivity contribution is -0.119.